The first-order chi connectivity index (χ1) is 18.8. The number of aromatic nitrogens is 2. The van der Waals surface area contributed by atoms with Crippen LogP contribution in [0.25, 0.3) is 10.9 Å². The van der Waals surface area contributed by atoms with Gasteiger partial charge in [0.25, 0.3) is 0 Å². The Bertz CT molecular complexity index is 1050. The SMILES string of the molecule is CCCCCCCCCCCCCCCCCCN=C(Nc1nccs1)Nc1cc(C)nc2ccccc12.Cl. The molecule has 0 aliphatic carbocycles. The number of aryl methyl sites for hydroxylation is 1. The first-order valence-corrected chi connectivity index (χ1v) is 16.0. The fourth-order valence-corrected chi connectivity index (χ4v) is 5.41. The highest BCUT2D eigenvalue weighted by atomic mass is 35.5. The highest BCUT2D eigenvalue weighted by Crippen LogP contribution is 2.23. The third kappa shape index (κ3) is 13.6. The Balaban J connectivity index is 0.00000533. The monoisotopic (exact) mass is 571 g/mol. The van der Waals surface area contributed by atoms with Gasteiger partial charge in [-0.05, 0) is 25.5 Å². The number of hydrogen-bond donors (Lipinski definition) is 2. The van der Waals surface area contributed by atoms with Gasteiger partial charge in [0.15, 0.2) is 5.13 Å². The Labute approximate surface area is 247 Å². The zero-order chi connectivity index (χ0) is 26.7. The number of pyridine rings is 1. The second-order valence-corrected chi connectivity index (χ2v) is 11.3. The molecule has 39 heavy (non-hydrogen) atoms. The van der Waals surface area contributed by atoms with E-state index in [0.717, 1.165) is 46.3 Å². The van der Waals surface area contributed by atoms with Gasteiger partial charge in [0.05, 0.1) is 11.2 Å². The van der Waals surface area contributed by atoms with Crippen LogP contribution in [-0.4, -0.2) is 22.5 Å². The van der Waals surface area contributed by atoms with Gasteiger partial charge in [-0.3, -0.25) is 9.98 Å². The maximum absolute atomic E-state index is 4.87. The largest absolute Gasteiger partial charge is 0.325 e. The molecule has 0 bridgehead atoms. The molecule has 3 aromatic rings. The molecule has 3 rings (SSSR count). The molecule has 0 radical (unpaired) electrons. The van der Waals surface area contributed by atoms with Gasteiger partial charge in [0.1, 0.15) is 0 Å². The number of nitrogens with one attached hydrogen (secondary N) is 2. The number of guanidine groups is 1. The third-order valence-corrected chi connectivity index (χ3v) is 7.73. The second-order valence-electron chi connectivity index (χ2n) is 10.4. The van der Waals surface area contributed by atoms with Gasteiger partial charge >= 0.3 is 0 Å². The summed E-state index contributed by atoms with van der Waals surface area (Å²) in [5, 5.41) is 10.8. The summed E-state index contributed by atoms with van der Waals surface area (Å²) in [5.41, 5.74) is 2.99. The summed E-state index contributed by atoms with van der Waals surface area (Å²) in [7, 11) is 0. The number of fused-ring (bicyclic) bond motifs is 1. The van der Waals surface area contributed by atoms with E-state index in [4.69, 9.17) is 4.99 Å². The highest BCUT2D eigenvalue weighted by Gasteiger charge is 2.08. The molecule has 0 fully saturated rings. The Kier molecular flexibility index (Phi) is 17.5. The van der Waals surface area contributed by atoms with Crippen molar-refractivity contribution in [3.05, 3.63) is 47.6 Å². The van der Waals surface area contributed by atoms with Crippen LogP contribution in [0.4, 0.5) is 10.8 Å². The molecule has 2 aromatic heterocycles. The lowest BCUT2D eigenvalue weighted by atomic mass is 10.0. The van der Waals surface area contributed by atoms with E-state index in [1.165, 1.54) is 96.3 Å². The van der Waals surface area contributed by atoms with E-state index < -0.39 is 0 Å². The van der Waals surface area contributed by atoms with Crippen LogP contribution in [0, 0.1) is 6.92 Å². The molecule has 0 saturated heterocycles. The summed E-state index contributed by atoms with van der Waals surface area (Å²) in [5.74, 6) is 0.747. The molecule has 0 unspecified atom stereocenters. The van der Waals surface area contributed by atoms with E-state index in [-0.39, 0.29) is 12.4 Å². The number of thiazole rings is 1. The van der Waals surface area contributed by atoms with Crippen LogP contribution in [-0.2, 0) is 0 Å². The van der Waals surface area contributed by atoms with Crippen molar-refractivity contribution in [2.24, 2.45) is 4.99 Å². The summed E-state index contributed by atoms with van der Waals surface area (Å²) < 4.78 is 0. The van der Waals surface area contributed by atoms with E-state index in [1.54, 1.807) is 11.3 Å². The number of rotatable bonds is 19. The lowest BCUT2D eigenvalue weighted by Gasteiger charge is -2.13. The van der Waals surface area contributed by atoms with Crippen molar-refractivity contribution in [3.8, 4) is 0 Å². The zero-order valence-electron chi connectivity index (χ0n) is 24.2. The Hall–Kier alpha value is -2.18. The van der Waals surface area contributed by atoms with E-state index in [1.807, 2.05) is 30.6 Å². The lowest BCUT2D eigenvalue weighted by Crippen LogP contribution is -2.23. The van der Waals surface area contributed by atoms with E-state index in [0.29, 0.717) is 0 Å². The number of aliphatic imine (C=N–C) groups is 1. The number of nitrogens with zero attached hydrogens (tertiary/aromatic N) is 3. The van der Waals surface area contributed by atoms with E-state index >= 15 is 0 Å². The molecule has 7 heteroatoms. The maximum Gasteiger partial charge on any atom is 0.202 e. The topological polar surface area (TPSA) is 62.2 Å². The van der Waals surface area contributed by atoms with Crippen LogP contribution >= 0.6 is 23.7 Å². The second kappa shape index (κ2) is 20.7. The van der Waals surface area contributed by atoms with Gasteiger partial charge < -0.3 is 10.6 Å². The lowest BCUT2D eigenvalue weighted by molar-refractivity contribution is 0.530. The van der Waals surface area contributed by atoms with Crippen LogP contribution in [0.15, 0.2) is 46.9 Å². The van der Waals surface area contributed by atoms with Crippen molar-refractivity contribution in [3.63, 3.8) is 0 Å². The molecule has 2 N–H and O–H groups in total. The van der Waals surface area contributed by atoms with Crippen molar-refractivity contribution in [2.45, 2.75) is 117 Å². The molecular formula is C32H50ClN5S. The Morgan fingerprint density at radius 3 is 1.97 bits per heavy atom. The number of hydrogen-bond acceptors (Lipinski definition) is 4. The molecule has 0 aliphatic heterocycles. The van der Waals surface area contributed by atoms with E-state index in [2.05, 4.69) is 45.7 Å². The van der Waals surface area contributed by atoms with Crippen molar-refractivity contribution in [1.29, 1.82) is 0 Å². The minimum absolute atomic E-state index is 0. The van der Waals surface area contributed by atoms with Gasteiger partial charge in [-0.2, -0.15) is 0 Å². The average Bonchev–Trinajstić information content (AvgIpc) is 3.43. The standard InChI is InChI=1S/C32H49N5S.ClH/c1-3-4-5-6-7-8-9-10-11-12-13-14-15-16-17-20-23-33-31(37-32-34-24-25-38-32)36-30-26-27(2)35-29-22-19-18-21-28(29)30;/h18-19,21-22,24-26H,3-17,20,23H2,1-2H3,(H2,33,34,35,36,37);1H. The van der Waals surface area contributed by atoms with Crippen molar-refractivity contribution in [2.75, 3.05) is 17.2 Å². The van der Waals surface area contributed by atoms with E-state index in [9.17, 15) is 0 Å². The molecule has 0 amide bonds. The number of benzene rings is 1. The smallest absolute Gasteiger partial charge is 0.202 e. The molecule has 0 spiro atoms. The predicted molar refractivity (Wildman–Crippen MR) is 175 cm³/mol. The molecule has 5 nitrogen and oxygen atoms in total. The van der Waals surface area contributed by atoms with Crippen molar-refractivity contribution < 1.29 is 0 Å². The summed E-state index contributed by atoms with van der Waals surface area (Å²) in [6, 6.07) is 10.3. The van der Waals surface area contributed by atoms with Crippen LogP contribution in [0.2, 0.25) is 0 Å². The average molecular weight is 572 g/mol. The Morgan fingerprint density at radius 1 is 0.795 bits per heavy atom. The summed E-state index contributed by atoms with van der Waals surface area (Å²) in [6.07, 6.45) is 23.9. The van der Waals surface area contributed by atoms with Gasteiger partial charge in [-0.15, -0.1) is 23.7 Å². The molecular weight excluding hydrogens is 522 g/mol. The van der Waals surface area contributed by atoms with Crippen molar-refractivity contribution in [1.82, 2.24) is 9.97 Å². The Morgan fingerprint density at radius 2 is 1.38 bits per heavy atom. The summed E-state index contributed by atoms with van der Waals surface area (Å²) in [6.45, 7) is 5.12. The molecule has 216 valence electrons. The van der Waals surface area contributed by atoms with Gasteiger partial charge in [-0.25, -0.2) is 4.98 Å². The number of halogens is 1. The maximum atomic E-state index is 4.87. The third-order valence-electron chi connectivity index (χ3n) is 7.04. The van der Waals surface area contributed by atoms with Gasteiger partial charge in [-0.1, -0.05) is 121 Å². The summed E-state index contributed by atoms with van der Waals surface area (Å²) in [4.78, 5) is 13.9. The highest BCUT2D eigenvalue weighted by molar-refractivity contribution is 7.13. The van der Waals surface area contributed by atoms with Gasteiger partial charge in [0.2, 0.25) is 5.96 Å². The van der Waals surface area contributed by atoms with Crippen LogP contribution < -0.4 is 10.6 Å². The molecule has 2 heterocycles. The van der Waals surface area contributed by atoms with Gasteiger partial charge in [0, 0.05) is 29.2 Å². The fraction of sp³-hybridized carbons (Fsp3) is 0.594. The first kappa shape index (κ1) is 33.0. The minimum atomic E-state index is 0. The molecule has 0 atom stereocenters. The number of para-hydroxylation sites is 1. The quantitative estimate of drug-likeness (QED) is 0.0853. The molecule has 0 aliphatic rings. The van der Waals surface area contributed by atoms with Crippen molar-refractivity contribution >= 4 is 51.4 Å². The number of unbranched alkanes of at least 4 members (excludes halogenated alkanes) is 15. The molecule has 1 aromatic carbocycles. The molecule has 0 saturated carbocycles. The zero-order valence-corrected chi connectivity index (χ0v) is 25.9. The predicted octanol–water partition coefficient (Wildman–Crippen LogP) is 10.6. The first-order valence-electron chi connectivity index (χ1n) is 15.1. The number of anilines is 2. The normalized spacial score (nSPS) is 11.5. The minimum Gasteiger partial charge on any atom is -0.325 e. The fourth-order valence-electron chi connectivity index (χ4n) is 4.89. The van der Waals surface area contributed by atoms with Crippen LogP contribution in [0.5, 0.6) is 0 Å². The van der Waals surface area contributed by atoms with Crippen LogP contribution in [0.3, 0.4) is 0 Å². The summed E-state index contributed by atoms with van der Waals surface area (Å²) >= 11 is 1.58. The van der Waals surface area contributed by atoms with Crippen LogP contribution in [0.1, 0.15) is 115 Å².